The van der Waals surface area contributed by atoms with Crippen LogP contribution in [-0.4, -0.2) is 31.8 Å². The summed E-state index contributed by atoms with van der Waals surface area (Å²) in [6.45, 7) is 0. The molecule has 120 valence electrons. The van der Waals surface area contributed by atoms with Crippen molar-refractivity contribution in [1.29, 1.82) is 0 Å². The first-order chi connectivity index (χ1) is 10.4. The highest BCUT2D eigenvalue weighted by molar-refractivity contribution is 7.93. The van der Waals surface area contributed by atoms with Gasteiger partial charge in [0.1, 0.15) is 17.3 Å². The fourth-order valence-electron chi connectivity index (χ4n) is 3.66. The van der Waals surface area contributed by atoms with E-state index in [-0.39, 0.29) is 28.6 Å². The molecule has 22 heavy (non-hydrogen) atoms. The van der Waals surface area contributed by atoms with Crippen molar-refractivity contribution in [3.63, 3.8) is 0 Å². The number of hydrogen-bond donors (Lipinski definition) is 0. The van der Waals surface area contributed by atoms with Crippen molar-refractivity contribution < 1.29 is 22.3 Å². The second-order valence-corrected chi connectivity index (χ2v) is 8.73. The van der Waals surface area contributed by atoms with E-state index in [1.165, 1.54) is 19.2 Å². The Balaban J connectivity index is 1.72. The second kappa shape index (κ2) is 5.65. The molecule has 2 heterocycles. The summed E-state index contributed by atoms with van der Waals surface area (Å²) >= 11 is 0. The van der Waals surface area contributed by atoms with E-state index in [0.29, 0.717) is 37.0 Å². The number of sulfone groups is 1. The molecule has 2 fully saturated rings. The zero-order valence-corrected chi connectivity index (χ0v) is 13.2. The summed E-state index contributed by atoms with van der Waals surface area (Å²) in [4.78, 5) is 12.5. The largest absolute Gasteiger partial charge is 0.497 e. The molecule has 2 bridgehead atoms. The summed E-state index contributed by atoms with van der Waals surface area (Å²) in [7, 11) is -1.57. The molecule has 2 aliphatic heterocycles. The molecule has 1 aromatic rings. The van der Waals surface area contributed by atoms with Gasteiger partial charge < -0.3 is 4.74 Å². The van der Waals surface area contributed by atoms with Crippen molar-refractivity contribution in [1.82, 2.24) is 0 Å². The third-order valence-electron chi connectivity index (χ3n) is 4.84. The molecule has 4 nitrogen and oxygen atoms in total. The first-order valence-corrected chi connectivity index (χ1v) is 9.10. The Bertz CT molecular complexity index is 678. The van der Waals surface area contributed by atoms with Gasteiger partial charge in [-0.3, -0.25) is 4.79 Å². The normalized spacial score (nSPS) is 29.3. The summed E-state index contributed by atoms with van der Waals surface area (Å²) < 4.78 is 42.6. The van der Waals surface area contributed by atoms with E-state index in [9.17, 15) is 17.6 Å². The van der Waals surface area contributed by atoms with Crippen LogP contribution in [0.1, 0.15) is 31.2 Å². The van der Waals surface area contributed by atoms with E-state index < -0.39 is 15.7 Å². The number of benzene rings is 1. The molecular weight excluding hydrogens is 307 g/mol. The Morgan fingerprint density at radius 3 is 2.45 bits per heavy atom. The predicted octanol–water partition coefficient (Wildman–Crippen LogP) is 2.30. The minimum Gasteiger partial charge on any atom is -0.497 e. The fourth-order valence-corrected chi connectivity index (χ4v) is 6.13. The lowest BCUT2D eigenvalue weighted by molar-refractivity contribution is -0.122. The van der Waals surface area contributed by atoms with Gasteiger partial charge in [0.05, 0.1) is 17.6 Å². The van der Waals surface area contributed by atoms with Crippen LogP contribution in [0, 0.1) is 11.7 Å². The highest BCUT2D eigenvalue weighted by Crippen LogP contribution is 2.41. The molecular formula is C16H19FO4S. The number of ether oxygens (including phenoxy) is 1. The maximum absolute atomic E-state index is 13.5. The smallest absolute Gasteiger partial charge is 0.156 e. The van der Waals surface area contributed by atoms with Crippen LogP contribution in [0.4, 0.5) is 4.39 Å². The SMILES string of the molecule is COc1cc(F)cc(CC(=O)C2CC3CCC(C2)S3(=O)=O)c1. The van der Waals surface area contributed by atoms with E-state index in [1.807, 2.05) is 0 Å². The number of hydrogen-bond acceptors (Lipinski definition) is 4. The van der Waals surface area contributed by atoms with Crippen LogP contribution >= 0.6 is 0 Å². The first-order valence-electron chi connectivity index (χ1n) is 7.49. The van der Waals surface area contributed by atoms with E-state index in [0.717, 1.165) is 0 Å². The number of Topliss-reactive ketones (excluding diaryl/α,β-unsaturated/α-hetero) is 1. The van der Waals surface area contributed by atoms with Gasteiger partial charge in [-0.15, -0.1) is 0 Å². The van der Waals surface area contributed by atoms with E-state index in [4.69, 9.17) is 4.74 Å². The van der Waals surface area contributed by atoms with E-state index in [2.05, 4.69) is 0 Å². The lowest BCUT2D eigenvalue weighted by Gasteiger charge is -2.27. The average molecular weight is 326 g/mol. The van der Waals surface area contributed by atoms with Gasteiger partial charge >= 0.3 is 0 Å². The highest BCUT2D eigenvalue weighted by Gasteiger charge is 2.48. The van der Waals surface area contributed by atoms with Crippen LogP contribution in [0.2, 0.25) is 0 Å². The summed E-state index contributed by atoms with van der Waals surface area (Å²) in [5.74, 6) is -0.280. The van der Waals surface area contributed by atoms with Crippen LogP contribution < -0.4 is 4.74 Å². The minimum atomic E-state index is -3.02. The Morgan fingerprint density at radius 1 is 1.23 bits per heavy atom. The molecule has 2 saturated heterocycles. The third kappa shape index (κ3) is 2.76. The van der Waals surface area contributed by atoms with Crippen LogP contribution in [0.25, 0.3) is 0 Å². The number of rotatable bonds is 4. The molecule has 0 N–H and O–H groups in total. The van der Waals surface area contributed by atoms with Crippen molar-refractivity contribution in [2.24, 2.45) is 5.92 Å². The molecule has 0 amide bonds. The summed E-state index contributed by atoms with van der Waals surface area (Å²) in [6.07, 6.45) is 2.31. The molecule has 0 aromatic heterocycles. The molecule has 2 aliphatic rings. The standard InChI is InChI=1S/C16H19FO4S/c1-21-13-5-10(4-12(17)9-13)6-16(18)11-7-14-2-3-15(8-11)22(14,19)20/h4-5,9,11,14-15H,2-3,6-8H2,1H3. The van der Waals surface area contributed by atoms with Crippen molar-refractivity contribution in [3.05, 3.63) is 29.6 Å². The Hall–Kier alpha value is -1.43. The molecule has 0 saturated carbocycles. The monoisotopic (exact) mass is 326 g/mol. The first kappa shape index (κ1) is 15.5. The zero-order valence-electron chi connectivity index (χ0n) is 12.4. The molecule has 3 rings (SSSR count). The number of carbonyl (C=O) groups is 1. The number of halogens is 1. The van der Waals surface area contributed by atoms with Gasteiger partial charge in [0.25, 0.3) is 0 Å². The van der Waals surface area contributed by atoms with Gasteiger partial charge in [0, 0.05) is 18.4 Å². The lowest BCUT2D eigenvalue weighted by atomic mass is 9.91. The summed E-state index contributed by atoms with van der Waals surface area (Å²) in [5, 5.41) is -0.718. The van der Waals surface area contributed by atoms with E-state index in [1.54, 1.807) is 6.07 Å². The number of methoxy groups -OCH3 is 1. The zero-order chi connectivity index (χ0) is 15.9. The van der Waals surface area contributed by atoms with Crippen LogP contribution in [0.3, 0.4) is 0 Å². The Kier molecular flexibility index (Phi) is 3.97. The Morgan fingerprint density at radius 2 is 1.86 bits per heavy atom. The number of ketones is 1. The molecule has 1 aromatic carbocycles. The summed E-state index contributed by atoms with van der Waals surface area (Å²) in [6, 6.07) is 4.24. The quantitative estimate of drug-likeness (QED) is 0.852. The molecule has 0 radical (unpaired) electrons. The maximum Gasteiger partial charge on any atom is 0.156 e. The van der Waals surface area contributed by atoms with Gasteiger partial charge in [-0.25, -0.2) is 12.8 Å². The third-order valence-corrected chi connectivity index (χ3v) is 7.55. The molecule has 0 spiro atoms. The molecule has 2 unspecified atom stereocenters. The van der Waals surface area contributed by atoms with Gasteiger partial charge in [0.2, 0.25) is 0 Å². The predicted molar refractivity (Wildman–Crippen MR) is 80.1 cm³/mol. The van der Waals surface area contributed by atoms with Gasteiger partial charge in [-0.1, -0.05) is 0 Å². The topological polar surface area (TPSA) is 60.4 Å². The Labute approximate surface area is 129 Å². The summed E-state index contributed by atoms with van der Waals surface area (Å²) in [5.41, 5.74) is 0.572. The van der Waals surface area contributed by atoms with Crippen molar-refractivity contribution >= 4 is 15.6 Å². The van der Waals surface area contributed by atoms with Crippen molar-refractivity contribution in [2.75, 3.05) is 7.11 Å². The van der Waals surface area contributed by atoms with Crippen LogP contribution in [-0.2, 0) is 21.1 Å². The number of fused-ring (bicyclic) bond motifs is 2. The highest BCUT2D eigenvalue weighted by atomic mass is 32.2. The molecule has 6 heteroatoms. The number of carbonyl (C=O) groups excluding carboxylic acids is 1. The average Bonchev–Trinajstić information content (AvgIpc) is 2.66. The molecule has 2 atom stereocenters. The van der Waals surface area contributed by atoms with Crippen LogP contribution in [0.5, 0.6) is 5.75 Å². The minimum absolute atomic E-state index is 0.000506. The van der Waals surface area contributed by atoms with Gasteiger partial charge in [0.15, 0.2) is 9.84 Å². The molecule has 0 aliphatic carbocycles. The van der Waals surface area contributed by atoms with Gasteiger partial charge in [-0.05, 0) is 43.4 Å². The second-order valence-electron chi connectivity index (χ2n) is 6.22. The fraction of sp³-hybridized carbons (Fsp3) is 0.562. The van der Waals surface area contributed by atoms with E-state index >= 15 is 0 Å². The lowest BCUT2D eigenvalue weighted by Crippen LogP contribution is -2.36. The van der Waals surface area contributed by atoms with Crippen LogP contribution in [0.15, 0.2) is 18.2 Å². The maximum atomic E-state index is 13.5. The van der Waals surface area contributed by atoms with Crippen molar-refractivity contribution in [2.45, 2.75) is 42.6 Å². The van der Waals surface area contributed by atoms with Gasteiger partial charge in [-0.2, -0.15) is 0 Å². The van der Waals surface area contributed by atoms with Crippen molar-refractivity contribution in [3.8, 4) is 5.75 Å².